The summed E-state index contributed by atoms with van der Waals surface area (Å²) in [7, 11) is 0.287. The van der Waals surface area contributed by atoms with Crippen molar-refractivity contribution in [3.05, 3.63) is 0 Å². The Morgan fingerprint density at radius 3 is 1.79 bits per heavy atom. The first-order chi connectivity index (χ1) is 8.46. The van der Waals surface area contributed by atoms with E-state index in [0.29, 0.717) is 13.2 Å². The molecular weight excluding hydrogens is 292 g/mol. The van der Waals surface area contributed by atoms with Crippen LogP contribution < -0.4 is 0 Å². The van der Waals surface area contributed by atoms with Crippen molar-refractivity contribution < 1.29 is 13.3 Å². The van der Waals surface area contributed by atoms with Gasteiger partial charge in [0, 0.05) is 18.6 Å². The Morgan fingerprint density at radius 1 is 1.11 bits per heavy atom. The SMILES string of the molecule is CCO[Si](CS(C)(C)[Si])(OCC)OC(C)C(C)(C)C. The number of hydrogen-bond donors (Lipinski definition) is 0. The summed E-state index contributed by atoms with van der Waals surface area (Å²) in [4.78, 5) is 0. The van der Waals surface area contributed by atoms with Crippen LogP contribution >= 0.6 is 9.48 Å². The van der Waals surface area contributed by atoms with Crippen LogP contribution in [0.4, 0.5) is 0 Å². The molecule has 0 aliphatic heterocycles. The van der Waals surface area contributed by atoms with E-state index in [-0.39, 0.29) is 11.5 Å². The molecule has 6 heteroatoms. The van der Waals surface area contributed by atoms with Gasteiger partial charge in [-0.15, -0.1) is 0 Å². The minimum atomic E-state index is -2.62. The van der Waals surface area contributed by atoms with Crippen LogP contribution in [0, 0.1) is 5.41 Å². The highest BCUT2D eigenvalue weighted by atomic mass is 32.4. The molecule has 0 rings (SSSR count). The van der Waals surface area contributed by atoms with Gasteiger partial charge in [-0.05, 0) is 38.7 Å². The molecule has 0 aliphatic carbocycles. The smallest absolute Gasteiger partial charge is 0.373 e. The third-order valence-electron chi connectivity index (χ3n) is 2.84. The number of rotatable bonds is 8. The zero-order chi connectivity index (χ0) is 15.3. The van der Waals surface area contributed by atoms with Crippen molar-refractivity contribution in [1.82, 2.24) is 0 Å². The minimum Gasteiger partial charge on any atom is -0.373 e. The zero-order valence-electron chi connectivity index (χ0n) is 13.8. The Morgan fingerprint density at radius 2 is 1.53 bits per heavy atom. The molecule has 0 aliphatic rings. The normalized spacial score (nSPS) is 16.5. The Hall–Kier alpha value is 0.664. The summed E-state index contributed by atoms with van der Waals surface area (Å²) in [5.74, 6) is 0. The van der Waals surface area contributed by atoms with Crippen molar-refractivity contribution in [3.63, 3.8) is 0 Å². The second-order valence-corrected chi connectivity index (χ2v) is 16.1. The van der Waals surface area contributed by atoms with Crippen LogP contribution in [0.1, 0.15) is 41.5 Å². The van der Waals surface area contributed by atoms with Gasteiger partial charge in [-0.2, -0.15) is 0 Å². The van der Waals surface area contributed by atoms with Gasteiger partial charge in [-0.1, -0.05) is 20.8 Å². The van der Waals surface area contributed by atoms with Crippen molar-refractivity contribution in [1.29, 1.82) is 0 Å². The molecule has 0 heterocycles. The summed E-state index contributed by atoms with van der Waals surface area (Å²) in [6, 6.07) is 0. The lowest BCUT2D eigenvalue weighted by Gasteiger charge is -2.40. The van der Waals surface area contributed by atoms with Gasteiger partial charge in [0.05, 0.1) is 15.5 Å². The van der Waals surface area contributed by atoms with Gasteiger partial charge in [0.2, 0.25) is 0 Å². The van der Waals surface area contributed by atoms with Crippen molar-refractivity contribution in [2.75, 3.05) is 31.1 Å². The maximum atomic E-state index is 6.34. The predicted octanol–water partition coefficient (Wildman–Crippen LogP) is 3.14. The van der Waals surface area contributed by atoms with Gasteiger partial charge < -0.3 is 13.3 Å². The van der Waals surface area contributed by atoms with E-state index in [2.05, 4.69) is 49.6 Å². The highest BCUT2D eigenvalue weighted by Crippen LogP contribution is 2.39. The topological polar surface area (TPSA) is 27.7 Å². The standard InChI is InChI=1S/C13H31O3SSi2/c1-9-14-19(15-10-2,11-17(7,8)18)16-12(3)13(4,5)6/h12H,9-11H2,1-8H3. The fourth-order valence-electron chi connectivity index (χ4n) is 1.55. The number of hydrogen-bond acceptors (Lipinski definition) is 3. The van der Waals surface area contributed by atoms with Gasteiger partial charge in [0.25, 0.3) is 0 Å². The highest BCUT2D eigenvalue weighted by Gasteiger charge is 2.46. The van der Waals surface area contributed by atoms with E-state index in [1.807, 2.05) is 13.8 Å². The molecule has 0 bridgehead atoms. The van der Waals surface area contributed by atoms with E-state index in [4.69, 9.17) is 13.3 Å². The molecule has 19 heavy (non-hydrogen) atoms. The third-order valence-corrected chi connectivity index (χ3v) is 10.6. The van der Waals surface area contributed by atoms with Gasteiger partial charge in [0.15, 0.2) is 0 Å². The summed E-state index contributed by atoms with van der Waals surface area (Å²) < 4.78 is 18.3. The first-order valence-electron chi connectivity index (χ1n) is 6.87. The van der Waals surface area contributed by atoms with Crippen molar-refractivity contribution in [3.8, 4) is 0 Å². The maximum absolute atomic E-state index is 6.34. The molecule has 0 amide bonds. The van der Waals surface area contributed by atoms with E-state index in [1.165, 1.54) is 0 Å². The van der Waals surface area contributed by atoms with E-state index in [0.717, 1.165) is 5.38 Å². The highest BCUT2D eigenvalue weighted by molar-refractivity contribution is 8.49. The summed E-state index contributed by atoms with van der Waals surface area (Å²) in [5, 5.41) is 0.846. The zero-order valence-corrected chi connectivity index (χ0v) is 16.6. The Bertz CT molecular complexity index is 256. The molecule has 1 unspecified atom stereocenters. The molecule has 0 saturated heterocycles. The van der Waals surface area contributed by atoms with Crippen molar-refractivity contribution in [2.24, 2.45) is 5.41 Å². The molecule has 0 aromatic rings. The summed E-state index contributed by atoms with van der Waals surface area (Å²) in [5.41, 5.74) is 0.0810. The van der Waals surface area contributed by atoms with Crippen LogP contribution in [0.2, 0.25) is 0 Å². The summed E-state index contributed by atoms with van der Waals surface area (Å²) in [6.45, 7) is 13.9. The maximum Gasteiger partial charge on any atom is 0.509 e. The molecule has 3 radical (unpaired) electrons. The van der Waals surface area contributed by atoms with E-state index >= 15 is 0 Å². The average molecular weight is 324 g/mol. The molecule has 1 atom stereocenters. The first kappa shape index (κ1) is 19.7. The van der Waals surface area contributed by atoms with E-state index in [9.17, 15) is 0 Å². The largest absolute Gasteiger partial charge is 0.509 e. The van der Waals surface area contributed by atoms with Gasteiger partial charge >= 0.3 is 8.80 Å². The van der Waals surface area contributed by atoms with Crippen LogP contribution in [0.5, 0.6) is 0 Å². The van der Waals surface area contributed by atoms with Crippen LogP contribution in [-0.2, 0) is 13.3 Å². The average Bonchev–Trinajstić information content (AvgIpc) is 2.13. The molecule has 0 N–H and O–H groups in total. The fraction of sp³-hybridized carbons (Fsp3) is 1.00. The molecular formula is C13H31O3SSi2. The quantitative estimate of drug-likeness (QED) is 0.642. The van der Waals surface area contributed by atoms with Crippen molar-refractivity contribution >= 4 is 27.7 Å². The lowest BCUT2D eigenvalue weighted by atomic mass is 9.91. The Kier molecular flexibility index (Phi) is 7.88. The molecule has 0 saturated carbocycles. The molecule has 0 spiro atoms. The van der Waals surface area contributed by atoms with Gasteiger partial charge in [0.1, 0.15) is 0 Å². The Labute approximate surface area is 125 Å². The van der Waals surface area contributed by atoms with Crippen LogP contribution in [0.25, 0.3) is 0 Å². The molecule has 0 fully saturated rings. The summed E-state index contributed by atoms with van der Waals surface area (Å²) in [6.07, 6.45) is 4.51. The van der Waals surface area contributed by atoms with Crippen LogP contribution in [0.15, 0.2) is 0 Å². The van der Waals surface area contributed by atoms with Crippen LogP contribution in [0.3, 0.4) is 0 Å². The third kappa shape index (κ3) is 7.87. The lowest BCUT2D eigenvalue weighted by Crippen LogP contribution is -2.54. The monoisotopic (exact) mass is 323 g/mol. The molecule has 115 valence electrons. The van der Waals surface area contributed by atoms with Gasteiger partial charge in [-0.3, -0.25) is 9.48 Å². The Balaban J connectivity index is 5.10. The minimum absolute atomic E-state index is 0.0810. The first-order valence-corrected chi connectivity index (χ1v) is 12.6. The molecule has 0 aromatic heterocycles. The van der Waals surface area contributed by atoms with Crippen molar-refractivity contribution in [2.45, 2.75) is 47.6 Å². The molecule has 3 nitrogen and oxygen atoms in total. The fourth-order valence-corrected chi connectivity index (χ4v) is 9.61. The van der Waals surface area contributed by atoms with E-state index < -0.39 is 18.3 Å². The lowest BCUT2D eigenvalue weighted by molar-refractivity contribution is 0.00147. The second kappa shape index (κ2) is 7.61. The second-order valence-electron chi connectivity index (χ2n) is 6.36. The van der Waals surface area contributed by atoms with Gasteiger partial charge in [-0.25, -0.2) is 0 Å². The molecule has 0 aromatic carbocycles. The summed E-state index contributed by atoms with van der Waals surface area (Å²) >= 11 is 0. The van der Waals surface area contributed by atoms with Crippen LogP contribution in [-0.4, -0.2) is 55.4 Å². The van der Waals surface area contributed by atoms with E-state index in [1.54, 1.807) is 0 Å². The predicted molar refractivity (Wildman–Crippen MR) is 89.1 cm³/mol.